The molecule has 0 atom stereocenters. The first kappa shape index (κ1) is 14.8. The van der Waals surface area contributed by atoms with Crippen LogP contribution in [0.3, 0.4) is 0 Å². The van der Waals surface area contributed by atoms with Crippen LogP contribution in [-0.4, -0.2) is 23.1 Å². The minimum atomic E-state index is 0.362. The summed E-state index contributed by atoms with van der Waals surface area (Å²) in [4.78, 5) is 9.36. The summed E-state index contributed by atoms with van der Waals surface area (Å²) in [7, 11) is 1.69. The largest absolute Gasteiger partial charge is 0.496 e. The highest BCUT2D eigenvalue weighted by molar-refractivity contribution is 7.14. The van der Waals surface area contributed by atoms with Crippen molar-refractivity contribution in [2.24, 2.45) is 0 Å². The molecule has 0 aliphatic rings. The first-order valence-corrected chi connectivity index (χ1v) is 8.12. The van der Waals surface area contributed by atoms with Crippen LogP contribution >= 0.6 is 11.3 Å². The summed E-state index contributed by atoms with van der Waals surface area (Å²) in [5.41, 5.74) is 3.82. The van der Waals surface area contributed by atoms with Crippen molar-refractivity contribution in [3.63, 3.8) is 0 Å². The van der Waals surface area contributed by atoms with E-state index in [9.17, 15) is 0 Å². The van der Waals surface area contributed by atoms with Crippen molar-refractivity contribution in [3.8, 4) is 17.1 Å². The number of benzene rings is 1. The molecule has 0 aliphatic heterocycles. The second kappa shape index (κ2) is 5.93. The number of aryl methyl sites for hydroxylation is 1. The van der Waals surface area contributed by atoms with Gasteiger partial charge in [-0.1, -0.05) is 6.07 Å². The Morgan fingerprint density at radius 1 is 1.14 bits per heavy atom. The van der Waals surface area contributed by atoms with E-state index in [2.05, 4.69) is 43.2 Å². The Morgan fingerprint density at radius 2 is 1.95 bits per heavy atom. The van der Waals surface area contributed by atoms with E-state index in [1.165, 1.54) is 5.56 Å². The highest BCUT2D eigenvalue weighted by Gasteiger charge is 2.11. The Hall–Kier alpha value is -2.14. The number of anilines is 1. The molecule has 114 valence electrons. The van der Waals surface area contributed by atoms with Crippen LogP contribution in [0.15, 0.2) is 29.6 Å². The van der Waals surface area contributed by atoms with Crippen molar-refractivity contribution < 1.29 is 4.74 Å². The van der Waals surface area contributed by atoms with Crippen LogP contribution in [0.25, 0.3) is 22.3 Å². The molecule has 5 heteroatoms. The quantitative estimate of drug-likeness (QED) is 0.770. The molecule has 1 aromatic carbocycles. The van der Waals surface area contributed by atoms with Crippen molar-refractivity contribution in [1.29, 1.82) is 0 Å². The molecule has 4 nitrogen and oxygen atoms in total. The topological polar surface area (TPSA) is 47.0 Å². The van der Waals surface area contributed by atoms with Crippen LogP contribution in [0, 0.1) is 6.92 Å². The molecule has 1 N–H and O–H groups in total. The molecule has 0 saturated heterocycles. The molecule has 2 heterocycles. The molecule has 0 radical (unpaired) electrons. The van der Waals surface area contributed by atoms with Gasteiger partial charge in [0.25, 0.3) is 0 Å². The first-order chi connectivity index (χ1) is 10.6. The van der Waals surface area contributed by atoms with Crippen LogP contribution in [0.1, 0.15) is 19.4 Å². The van der Waals surface area contributed by atoms with E-state index in [0.717, 1.165) is 33.2 Å². The number of pyridine rings is 1. The van der Waals surface area contributed by atoms with Gasteiger partial charge in [0.15, 0.2) is 5.13 Å². The van der Waals surface area contributed by atoms with E-state index in [0.29, 0.717) is 6.04 Å². The molecule has 0 aliphatic carbocycles. The molecule has 3 aromatic rings. The summed E-state index contributed by atoms with van der Waals surface area (Å²) < 4.78 is 5.52. The highest BCUT2D eigenvalue weighted by Crippen LogP contribution is 2.31. The molecule has 2 aromatic heterocycles. The third-order valence-corrected chi connectivity index (χ3v) is 4.10. The average molecular weight is 313 g/mol. The number of ether oxygens (including phenoxy) is 1. The van der Waals surface area contributed by atoms with E-state index in [4.69, 9.17) is 9.72 Å². The number of methoxy groups -OCH3 is 1. The Kier molecular flexibility index (Phi) is 3.98. The molecule has 0 fully saturated rings. The standard InChI is InChI=1S/C17H19N3OS/c1-10(2)18-17-20-15(9-22-17)14-8-16(21-4)12-6-5-11(3)7-13(12)19-14/h5-10H,1-4H3,(H,18,20). The number of aromatic nitrogens is 2. The van der Waals surface area contributed by atoms with Crippen molar-refractivity contribution in [3.05, 3.63) is 35.2 Å². The summed E-state index contributed by atoms with van der Waals surface area (Å²) in [5.74, 6) is 0.825. The normalized spacial score (nSPS) is 11.1. The molecule has 0 saturated carbocycles. The van der Waals surface area contributed by atoms with Crippen LogP contribution in [-0.2, 0) is 0 Å². The summed E-state index contributed by atoms with van der Waals surface area (Å²) in [6.07, 6.45) is 0. The van der Waals surface area contributed by atoms with Crippen molar-refractivity contribution in [2.75, 3.05) is 12.4 Å². The number of fused-ring (bicyclic) bond motifs is 1. The second-order valence-electron chi connectivity index (χ2n) is 5.57. The van der Waals surface area contributed by atoms with Crippen LogP contribution in [0.2, 0.25) is 0 Å². The van der Waals surface area contributed by atoms with E-state index in [1.807, 2.05) is 17.5 Å². The number of rotatable bonds is 4. The molecular formula is C17H19N3OS. The summed E-state index contributed by atoms with van der Waals surface area (Å²) in [6, 6.07) is 8.50. The van der Waals surface area contributed by atoms with Gasteiger partial charge in [-0.2, -0.15) is 0 Å². The average Bonchev–Trinajstić information content (AvgIpc) is 2.93. The number of hydrogen-bond donors (Lipinski definition) is 1. The molecular weight excluding hydrogens is 294 g/mol. The van der Waals surface area contributed by atoms with Crippen LogP contribution in [0.4, 0.5) is 5.13 Å². The van der Waals surface area contributed by atoms with E-state index >= 15 is 0 Å². The lowest BCUT2D eigenvalue weighted by atomic mass is 10.1. The Labute approximate surface area is 134 Å². The summed E-state index contributed by atoms with van der Waals surface area (Å²) in [6.45, 7) is 6.26. The maximum absolute atomic E-state index is 5.52. The van der Waals surface area contributed by atoms with E-state index in [1.54, 1.807) is 18.4 Å². The fourth-order valence-electron chi connectivity index (χ4n) is 2.31. The van der Waals surface area contributed by atoms with E-state index < -0.39 is 0 Å². The number of nitrogens with one attached hydrogen (secondary N) is 1. The highest BCUT2D eigenvalue weighted by atomic mass is 32.1. The second-order valence-corrected chi connectivity index (χ2v) is 6.43. The number of hydrogen-bond acceptors (Lipinski definition) is 5. The third-order valence-electron chi connectivity index (χ3n) is 3.33. The lowest BCUT2D eigenvalue weighted by Gasteiger charge is -2.08. The van der Waals surface area contributed by atoms with Gasteiger partial charge in [-0.05, 0) is 38.5 Å². The maximum Gasteiger partial charge on any atom is 0.183 e. The van der Waals surface area contributed by atoms with Crippen molar-refractivity contribution >= 4 is 27.4 Å². The van der Waals surface area contributed by atoms with Gasteiger partial charge in [0.05, 0.1) is 18.3 Å². The molecule has 22 heavy (non-hydrogen) atoms. The van der Waals surface area contributed by atoms with Crippen LogP contribution < -0.4 is 10.1 Å². The molecule has 0 bridgehead atoms. The lowest BCUT2D eigenvalue weighted by molar-refractivity contribution is 0.419. The monoisotopic (exact) mass is 313 g/mol. The van der Waals surface area contributed by atoms with Gasteiger partial charge in [-0.25, -0.2) is 9.97 Å². The predicted octanol–water partition coefficient (Wildman–Crippen LogP) is 4.50. The van der Waals surface area contributed by atoms with Crippen LogP contribution in [0.5, 0.6) is 5.75 Å². The zero-order valence-corrected chi connectivity index (χ0v) is 14.0. The Bertz CT molecular complexity index is 811. The number of nitrogens with zero attached hydrogens (tertiary/aromatic N) is 2. The zero-order chi connectivity index (χ0) is 15.7. The molecule has 3 rings (SSSR count). The van der Waals surface area contributed by atoms with Gasteiger partial charge in [0.2, 0.25) is 0 Å². The lowest BCUT2D eigenvalue weighted by Crippen LogP contribution is -2.09. The summed E-state index contributed by atoms with van der Waals surface area (Å²) in [5, 5.41) is 7.27. The zero-order valence-electron chi connectivity index (χ0n) is 13.2. The first-order valence-electron chi connectivity index (χ1n) is 7.24. The Balaban J connectivity index is 2.08. The fourth-order valence-corrected chi connectivity index (χ4v) is 3.16. The fraction of sp³-hybridized carbons (Fsp3) is 0.294. The van der Waals surface area contributed by atoms with Gasteiger partial charge < -0.3 is 10.1 Å². The van der Waals surface area contributed by atoms with E-state index in [-0.39, 0.29) is 0 Å². The Morgan fingerprint density at radius 3 is 2.68 bits per heavy atom. The van der Waals surface area contributed by atoms with Gasteiger partial charge in [-0.3, -0.25) is 0 Å². The van der Waals surface area contributed by atoms with Gasteiger partial charge in [-0.15, -0.1) is 11.3 Å². The van der Waals surface area contributed by atoms with Crippen molar-refractivity contribution in [1.82, 2.24) is 9.97 Å². The smallest absolute Gasteiger partial charge is 0.183 e. The van der Waals surface area contributed by atoms with Gasteiger partial charge >= 0.3 is 0 Å². The molecule has 0 spiro atoms. The van der Waals surface area contributed by atoms with Gasteiger partial charge in [0.1, 0.15) is 11.4 Å². The van der Waals surface area contributed by atoms with Crippen molar-refractivity contribution in [2.45, 2.75) is 26.8 Å². The maximum atomic E-state index is 5.52. The third kappa shape index (κ3) is 2.90. The summed E-state index contributed by atoms with van der Waals surface area (Å²) >= 11 is 1.59. The molecule has 0 unspecified atom stereocenters. The SMILES string of the molecule is COc1cc(-c2csc(NC(C)C)n2)nc2cc(C)ccc12. The molecule has 0 amide bonds. The van der Waals surface area contributed by atoms with Gasteiger partial charge in [0, 0.05) is 22.9 Å². The number of thiazole rings is 1. The minimum Gasteiger partial charge on any atom is -0.496 e. The predicted molar refractivity (Wildman–Crippen MR) is 92.9 cm³/mol. The minimum absolute atomic E-state index is 0.362.